The number of hydrogen-bond donors (Lipinski definition) is 0. The third-order valence-electron chi connectivity index (χ3n) is 4.30. The molecule has 5 heteroatoms. The number of hydrogen-bond acceptors (Lipinski definition) is 3. The molecule has 25 heavy (non-hydrogen) atoms. The minimum Gasteiger partial charge on any atom is -0.563 e. The Hall–Kier alpha value is -0.670. The Balaban J connectivity index is 0. The molecule has 0 heterocycles. The summed E-state index contributed by atoms with van der Waals surface area (Å²) >= 11 is 0. The van der Waals surface area contributed by atoms with E-state index in [0.29, 0.717) is 16.6 Å². The molecule has 1 aromatic carbocycles. The van der Waals surface area contributed by atoms with Gasteiger partial charge in [0.1, 0.15) is 0 Å². The zero-order valence-electron chi connectivity index (χ0n) is 17.5. The van der Waals surface area contributed by atoms with E-state index in [9.17, 15) is 9.90 Å². The molecule has 0 unspecified atom stereocenters. The van der Waals surface area contributed by atoms with Crippen LogP contribution in [0.5, 0.6) is 5.75 Å². The molecule has 1 rings (SSSR count). The number of rotatable bonds is 5. The topological polar surface area (TPSA) is 49.4 Å². The molecule has 0 saturated heterocycles. The van der Waals surface area contributed by atoms with Gasteiger partial charge in [-0.15, -0.1) is 12.1 Å². The van der Waals surface area contributed by atoms with Crippen LogP contribution in [0.1, 0.15) is 62.3 Å². The molecule has 0 N–H and O–H groups in total. The molecule has 0 radical (unpaired) electrons. The van der Waals surface area contributed by atoms with Gasteiger partial charge in [-0.25, -0.2) is 0 Å². The van der Waals surface area contributed by atoms with Crippen molar-refractivity contribution in [3.8, 4) is 5.75 Å². The molecule has 0 aliphatic heterocycles. The molecule has 0 amide bonds. The molecule has 0 aromatic heterocycles. The van der Waals surface area contributed by atoms with Crippen LogP contribution in [0.4, 0.5) is 0 Å². The van der Waals surface area contributed by atoms with E-state index in [4.69, 9.17) is 4.43 Å². The van der Waals surface area contributed by atoms with Crippen molar-refractivity contribution < 1.29 is 33.8 Å². The van der Waals surface area contributed by atoms with E-state index in [0.717, 1.165) is 5.75 Å². The van der Waals surface area contributed by atoms with Crippen LogP contribution in [0.15, 0.2) is 24.3 Å². The Morgan fingerprint density at radius 2 is 1.32 bits per heavy atom. The first kappa shape index (κ1) is 26.6. The van der Waals surface area contributed by atoms with Crippen LogP contribution in [0.3, 0.4) is 0 Å². The minimum atomic E-state index is -1.78. The van der Waals surface area contributed by atoms with E-state index >= 15 is 0 Å². The zero-order chi connectivity index (χ0) is 19.1. The summed E-state index contributed by atoms with van der Waals surface area (Å²) in [4.78, 5) is 9.91. The average Bonchev–Trinajstić information content (AvgIpc) is 2.44. The van der Waals surface area contributed by atoms with Crippen molar-refractivity contribution in [2.75, 3.05) is 0 Å². The summed E-state index contributed by atoms with van der Waals surface area (Å²) in [5.41, 5.74) is 1.16. The van der Waals surface area contributed by atoms with E-state index in [-0.39, 0.29) is 19.5 Å². The maximum absolute atomic E-state index is 9.91. The van der Waals surface area contributed by atoms with Crippen molar-refractivity contribution in [2.24, 2.45) is 5.41 Å². The molecule has 138 valence electrons. The summed E-state index contributed by atoms with van der Waals surface area (Å²) in [6, 6.07) is 10.9. The van der Waals surface area contributed by atoms with Crippen molar-refractivity contribution in [1.82, 2.24) is 0 Å². The van der Waals surface area contributed by atoms with Crippen molar-refractivity contribution in [2.45, 2.75) is 78.9 Å². The molecule has 0 saturated carbocycles. The largest absolute Gasteiger partial charge is 2.00 e. The summed E-state index contributed by atoms with van der Waals surface area (Å²) in [7, 11) is -1.78. The summed E-state index contributed by atoms with van der Waals surface area (Å²) in [6.07, 6.45) is 0. The first-order valence-corrected chi connectivity index (χ1v) is 10.9. The molecule has 1 aromatic rings. The van der Waals surface area contributed by atoms with E-state index < -0.39 is 19.7 Å². The quantitative estimate of drug-likeness (QED) is 0.511. The molecule has 0 spiro atoms. The standard InChI is InChI=1S/C15H25OSi.C5H10O2.Zn/c1-12(2)17(13(3)4,14(5)6)16-15-10-8-7-9-11-15;1-5(2,3)4(6)7;/h8-14H,1-6H3;1-3H3,(H,6,7);/q-1;;+2/p-1. The molecule has 0 bridgehead atoms. The average molecular weight is 416 g/mol. The monoisotopic (exact) mass is 414 g/mol. The number of carbonyl (C=O) groups excluding carboxylic acids is 1. The van der Waals surface area contributed by atoms with Gasteiger partial charge in [-0.1, -0.05) is 62.3 Å². The van der Waals surface area contributed by atoms with Gasteiger partial charge in [-0.05, 0) is 22.4 Å². The van der Waals surface area contributed by atoms with Crippen LogP contribution in [0.2, 0.25) is 16.6 Å². The van der Waals surface area contributed by atoms with Crippen molar-refractivity contribution >= 4 is 14.3 Å². The SMILES string of the molecule is CC(C)(C)C(=O)[O-].CC(C)[Si](Oc1cc[c-]cc1)(C(C)C)C(C)C.[Zn+2]. The molecule has 3 nitrogen and oxygen atoms in total. The Bertz CT molecular complexity index is 472. The van der Waals surface area contributed by atoms with Crippen LogP contribution in [0.25, 0.3) is 0 Å². The Kier molecular flexibility index (Phi) is 11.8. The molecule has 0 aliphatic carbocycles. The van der Waals surface area contributed by atoms with E-state index in [1.165, 1.54) is 0 Å². The fraction of sp³-hybridized carbons (Fsp3) is 0.650. The Labute approximate surface area is 168 Å². The number of carbonyl (C=O) groups is 1. The zero-order valence-corrected chi connectivity index (χ0v) is 21.4. The molecule has 0 atom stereocenters. The van der Waals surface area contributed by atoms with Crippen LogP contribution in [-0.4, -0.2) is 14.3 Å². The Morgan fingerprint density at radius 1 is 1.00 bits per heavy atom. The number of carboxylic acids is 1. The van der Waals surface area contributed by atoms with E-state index in [1.807, 2.05) is 24.3 Å². The van der Waals surface area contributed by atoms with Crippen LogP contribution >= 0.6 is 0 Å². The third-order valence-corrected chi connectivity index (χ3v) is 10.3. The molecular formula is C20H34O3SiZn. The van der Waals surface area contributed by atoms with Crippen molar-refractivity contribution in [3.05, 3.63) is 30.3 Å². The second kappa shape index (κ2) is 11.1. The first-order chi connectivity index (χ1) is 10.9. The predicted octanol–water partition coefficient (Wildman–Crippen LogP) is 4.82. The summed E-state index contributed by atoms with van der Waals surface area (Å²) in [6.45, 7) is 18.6. The fourth-order valence-corrected chi connectivity index (χ4v) is 8.25. The van der Waals surface area contributed by atoms with Gasteiger partial charge < -0.3 is 14.3 Å². The minimum absolute atomic E-state index is 0. The third kappa shape index (κ3) is 8.04. The molecule has 0 fully saturated rings. The van der Waals surface area contributed by atoms with Crippen LogP contribution in [-0.2, 0) is 24.3 Å². The van der Waals surface area contributed by atoms with E-state index in [1.54, 1.807) is 20.8 Å². The maximum atomic E-state index is 9.91. The number of aliphatic carboxylic acids is 1. The van der Waals surface area contributed by atoms with Crippen LogP contribution in [0, 0.1) is 11.5 Å². The van der Waals surface area contributed by atoms with E-state index in [2.05, 4.69) is 47.6 Å². The Morgan fingerprint density at radius 3 is 1.56 bits per heavy atom. The van der Waals surface area contributed by atoms with Gasteiger partial charge in [0.05, 0.1) is 0 Å². The van der Waals surface area contributed by atoms with Gasteiger partial charge in [0, 0.05) is 11.4 Å². The number of carboxylic acid groups (broad SMARTS) is 1. The van der Waals surface area contributed by atoms with Gasteiger partial charge in [0.15, 0.2) is 0 Å². The first-order valence-electron chi connectivity index (χ1n) is 8.72. The normalized spacial score (nSPS) is 11.7. The predicted molar refractivity (Wildman–Crippen MR) is 101 cm³/mol. The molecular weight excluding hydrogens is 382 g/mol. The van der Waals surface area contributed by atoms with Crippen molar-refractivity contribution in [3.63, 3.8) is 0 Å². The summed E-state index contributed by atoms with van der Waals surface area (Å²) in [5.74, 6) is -0.000910. The van der Waals surface area contributed by atoms with Gasteiger partial charge >= 0.3 is 19.5 Å². The van der Waals surface area contributed by atoms with Gasteiger partial charge in [0.25, 0.3) is 8.32 Å². The summed E-state index contributed by atoms with van der Waals surface area (Å²) in [5, 5.41) is 9.91. The maximum Gasteiger partial charge on any atom is 2.00 e. The van der Waals surface area contributed by atoms with Crippen molar-refractivity contribution in [1.29, 1.82) is 0 Å². The van der Waals surface area contributed by atoms with Gasteiger partial charge in [0.2, 0.25) is 0 Å². The number of benzene rings is 1. The summed E-state index contributed by atoms with van der Waals surface area (Å²) < 4.78 is 6.51. The fourth-order valence-electron chi connectivity index (χ4n) is 3.00. The second-order valence-corrected chi connectivity index (χ2v) is 13.6. The smallest absolute Gasteiger partial charge is 0.563 e. The van der Waals surface area contributed by atoms with Gasteiger partial charge in [-0.2, -0.15) is 18.2 Å². The molecule has 0 aliphatic rings. The van der Waals surface area contributed by atoms with Gasteiger partial charge in [-0.3, -0.25) is 0 Å². The second-order valence-electron chi connectivity index (χ2n) is 8.19. The van der Waals surface area contributed by atoms with Crippen LogP contribution < -0.4 is 9.53 Å².